The van der Waals surface area contributed by atoms with E-state index in [1.807, 2.05) is 0 Å². The summed E-state index contributed by atoms with van der Waals surface area (Å²) in [5, 5.41) is 0. The molecule has 2 heteroatoms. The average molecular weight is 176 g/mol. The number of hydrogen-bond acceptors (Lipinski definition) is 2. The Morgan fingerprint density at radius 1 is 1.46 bits per heavy atom. The Balaban J connectivity index is 2.34. The molecule has 13 heavy (non-hydrogen) atoms. The SMILES string of the molecule is CCN1Cc2ccccc2C1CN. The normalized spacial score (nSPS) is 21.8. The summed E-state index contributed by atoms with van der Waals surface area (Å²) in [7, 11) is 0. The fraction of sp³-hybridized carbons (Fsp3) is 0.455. The lowest BCUT2D eigenvalue weighted by atomic mass is 10.1. The summed E-state index contributed by atoms with van der Waals surface area (Å²) in [5.41, 5.74) is 8.64. The molecule has 0 saturated heterocycles. The Labute approximate surface area is 79.4 Å². The van der Waals surface area contributed by atoms with Crippen LogP contribution in [-0.2, 0) is 6.54 Å². The zero-order chi connectivity index (χ0) is 9.26. The van der Waals surface area contributed by atoms with Gasteiger partial charge in [0, 0.05) is 19.1 Å². The van der Waals surface area contributed by atoms with E-state index < -0.39 is 0 Å². The molecule has 1 aliphatic heterocycles. The largest absolute Gasteiger partial charge is 0.329 e. The summed E-state index contributed by atoms with van der Waals surface area (Å²) in [6.45, 7) is 5.06. The van der Waals surface area contributed by atoms with Crippen molar-refractivity contribution in [1.82, 2.24) is 4.90 Å². The second kappa shape index (κ2) is 3.48. The maximum atomic E-state index is 5.77. The molecule has 2 nitrogen and oxygen atoms in total. The van der Waals surface area contributed by atoms with Gasteiger partial charge in [-0.15, -0.1) is 0 Å². The van der Waals surface area contributed by atoms with Gasteiger partial charge in [0.05, 0.1) is 0 Å². The quantitative estimate of drug-likeness (QED) is 0.740. The van der Waals surface area contributed by atoms with Crippen molar-refractivity contribution in [2.24, 2.45) is 5.73 Å². The fourth-order valence-corrected chi connectivity index (χ4v) is 2.14. The fourth-order valence-electron chi connectivity index (χ4n) is 2.14. The Kier molecular flexibility index (Phi) is 2.34. The van der Waals surface area contributed by atoms with E-state index in [4.69, 9.17) is 5.73 Å². The zero-order valence-corrected chi connectivity index (χ0v) is 8.03. The summed E-state index contributed by atoms with van der Waals surface area (Å²) in [4.78, 5) is 2.42. The molecule has 1 aromatic rings. The lowest BCUT2D eigenvalue weighted by molar-refractivity contribution is 0.232. The molecule has 1 aromatic carbocycles. The van der Waals surface area contributed by atoms with Crippen LogP contribution >= 0.6 is 0 Å². The van der Waals surface area contributed by atoms with Crippen LogP contribution in [0, 0.1) is 0 Å². The van der Waals surface area contributed by atoms with Gasteiger partial charge in [-0.05, 0) is 17.7 Å². The first kappa shape index (κ1) is 8.73. The van der Waals surface area contributed by atoms with Gasteiger partial charge in [0.1, 0.15) is 0 Å². The summed E-state index contributed by atoms with van der Waals surface area (Å²) >= 11 is 0. The second-order valence-electron chi connectivity index (χ2n) is 3.51. The predicted octanol–water partition coefficient (Wildman–Crippen LogP) is 1.52. The minimum atomic E-state index is 0.446. The third-order valence-electron chi connectivity index (χ3n) is 2.86. The van der Waals surface area contributed by atoms with E-state index in [1.165, 1.54) is 11.1 Å². The summed E-state index contributed by atoms with van der Waals surface area (Å²) < 4.78 is 0. The van der Waals surface area contributed by atoms with Crippen molar-refractivity contribution in [3.05, 3.63) is 35.4 Å². The first-order chi connectivity index (χ1) is 6.36. The van der Waals surface area contributed by atoms with Gasteiger partial charge in [0.15, 0.2) is 0 Å². The smallest absolute Gasteiger partial charge is 0.0477 e. The van der Waals surface area contributed by atoms with Crippen LogP contribution in [0.15, 0.2) is 24.3 Å². The first-order valence-corrected chi connectivity index (χ1v) is 4.88. The molecule has 2 N–H and O–H groups in total. The van der Waals surface area contributed by atoms with Crippen molar-refractivity contribution in [3.63, 3.8) is 0 Å². The second-order valence-corrected chi connectivity index (χ2v) is 3.51. The third-order valence-corrected chi connectivity index (χ3v) is 2.86. The summed E-state index contributed by atoms with van der Waals surface area (Å²) in [6.07, 6.45) is 0. The van der Waals surface area contributed by atoms with Crippen LogP contribution in [-0.4, -0.2) is 18.0 Å². The van der Waals surface area contributed by atoms with Crippen LogP contribution in [0.4, 0.5) is 0 Å². The maximum absolute atomic E-state index is 5.77. The van der Waals surface area contributed by atoms with Crippen molar-refractivity contribution in [1.29, 1.82) is 0 Å². The van der Waals surface area contributed by atoms with E-state index in [0.717, 1.165) is 19.6 Å². The topological polar surface area (TPSA) is 29.3 Å². The van der Waals surface area contributed by atoms with Gasteiger partial charge in [-0.2, -0.15) is 0 Å². The summed E-state index contributed by atoms with van der Waals surface area (Å²) in [5.74, 6) is 0. The molecule has 0 spiro atoms. The van der Waals surface area contributed by atoms with Crippen LogP contribution < -0.4 is 5.73 Å². The molecular weight excluding hydrogens is 160 g/mol. The Morgan fingerprint density at radius 3 is 2.92 bits per heavy atom. The first-order valence-electron chi connectivity index (χ1n) is 4.88. The standard InChI is InChI=1S/C11H16N2/c1-2-13-8-9-5-3-4-6-10(9)11(13)7-12/h3-6,11H,2,7-8,12H2,1H3. The van der Waals surface area contributed by atoms with Gasteiger partial charge in [-0.1, -0.05) is 31.2 Å². The van der Waals surface area contributed by atoms with E-state index in [9.17, 15) is 0 Å². The highest BCUT2D eigenvalue weighted by Gasteiger charge is 2.26. The van der Waals surface area contributed by atoms with Crippen LogP contribution in [0.2, 0.25) is 0 Å². The molecule has 0 aliphatic carbocycles. The van der Waals surface area contributed by atoms with Crippen LogP contribution in [0.5, 0.6) is 0 Å². The minimum absolute atomic E-state index is 0.446. The lowest BCUT2D eigenvalue weighted by Gasteiger charge is -2.21. The molecule has 0 fully saturated rings. The lowest BCUT2D eigenvalue weighted by Crippen LogP contribution is -2.27. The molecule has 0 aromatic heterocycles. The molecular formula is C11H16N2. The predicted molar refractivity (Wildman–Crippen MR) is 54.3 cm³/mol. The van der Waals surface area contributed by atoms with E-state index in [0.29, 0.717) is 6.04 Å². The van der Waals surface area contributed by atoms with Crippen molar-refractivity contribution >= 4 is 0 Å². The molecule has 1 unspecified atom stereocenters. The number of rotatable bonds is 2. The molecule has 0 radical (unpaired) electrons. The molecule has 0 amide bonds. The number of hydrogen-bond donors (Lipinski definition) is 1. The van der Waals surface area contributed by atoms with Crippen LogP contribution in [0.3, 0.4) is 0 Å². The van der Waals surface area contributed by atoms with E-state index in [2.05, 4.69) is 36.1 Å². The minimum Gasteiger partial charge on any atom is -0.329 e. The molecule has 1 heterocycles. The number of likely N-dealkylation sites (N-methyl/N-ethyl adjacent to an activating group) is 1. The summed E-state index contributed by atoms with van der Waals surface area (Å²) in [6, 6.07) is 9.05. The Hall–Kier alpha value is -0.860. The van der Waals surface area contributed by atoms with Gasteiger partial charge < -0.3 is 5.73 Å². The van der Waals surface area contributed by atoms with Gasteiger partial charge in [-0.25, -0.2) is 0 Å². The van der Waals surface area contributed by atoms with Gasteiger partial charge >= 0.3 is 0 Å². The number of nitrogens with zero attached hydrogens (tertiary/aromatic N) is 1. The number of nitrogens with two attached hydrogens (primary N) is 1. The van der Waals surface area contributed by atoms with Crippen LogP contribution in [0.1, 0.15) is 24.1 Å². The molecule has 2 rings (SSSR count). The average Bonchev–Trinajstić information content (AvgIpc) is 2.55. The maximum Gasteiger partial charge on any atom is 0.0477 e. The van der Waals surface area contributed by atoms with Crippen molar-refractivity contribution < 1.29 is 0 Å². The Morgan fingerprint density at radius 2 is 2.23 bits per heavy atom. The van der Waals surface area contributed by atoms with Gasteiger partial charge in [0.2, 0.25) is 0 Å². The van der Waals surface area contributed by atoms with Gasteiger partial charge in [0.25, 0.3) is 0 Å². The molecule has 1 aliphatic rings. The monoisotopic (exact) mass is 176 g/mol. The van der Waals surface area contributed by atoms with Crippen molar-refractivity contribution in [2.75, 3.05) is 13.1 Å². The highest BCUT2D eigenvalue weighted by Crippen LogP contribution is 2.31. The van der Waals surface area contributed by atoms with Gasteiger partial charge in [-0.3, -0.25) is 4.90 Å². The number of benzene rings is 1. The van der Waals surface area contributed by atoms with E-state index >= 15 is 0 Å². The molecule has 70 valence electrons. The Bertz CT molecular complexity index is 296. The van der Waals surface area contributed by atoms with Crippen LogP contribution in [0.25, 0.3) is 0 Å². The number of fused-ring (bicyclic) bond motifs is 1. The van der Waals surface area contributed by atoms with E-state index in [-0.39, 0.29) is 0 Å². The zero-order valence-electron chi connectivity index (χ0n) is 8.03. The molecule has 0 saturated carbocycles. The van der Waals surface area contributed by atoms with Crippen molar-refractivity contribution in [3.8, 4) is 0 Å². The molecule has 0 bridgehead atoms. The third kappa shape index (κ3) is 1.36. The highest BCUT2D eigenvalue weighted by atomic mass is 15.2. The highest BCUT2D eigenvalue weighted by molar-refractivity contribution is 5.34. The van der Waals surface area contributed by atoms with Crippen molar-refractivity contribution in [2.45, 2.75) is 19.5 Å². The molecule has 1 atom stereocenters. The van der Waals surface area contributed by atoms with E-state index in [1.54, 1.807) is 0 Å².